The van der Waals surface area contributed by atoms with E-state index in [2.05, 4.69) is 16.8 Å². The van der Waals surface area contributed by atoms with Crippen molar-refractivity contribution in [2.24, 2.45) is 0 Å². The zero-order chi connectivity index (χ0) is 16.4. The van der Waals surface area contributed by atoms with E-state index in [0.29, 0.717) is 30.4 Å². The van der Waals surface area contributed by atoms with Crippen LogP contribution in [0.1, 0.15) is 43.0 Å². The van der Waals surface area contributed by atoms with Crippen LogP contribution in [0.4, 0.5) is 9.93 Å². The second kappa shape index (κ2) is 6.66. The summed E-state index contributed by atoms with van der Waals surface area (Å²) in [6, 6.07) is -0.212. The summed E-state index contributed by atoms with van der Waals surface area (Å²) in [4.78, 5) is 27.5. The highest BCUT2D eigenvalue weighted by Gasteiger charge is 2.38. The third-order valence-electron chi connectivity index (χ3n) is 3.91. The maximum Gasteiger partial charge on any atom is 0.329 e. The van der Waals surface area contributed by atoms with Crippen LogP contribution >= 0.6 is 11.3 Å². The van der Waals surface area contributed by atoms with Crippen molar-refractivity contribution in [3.8, 4) is 0 Å². The molecule has 23 heavy (non-hydrogen) atoms. The Morgan fingerprint density at radius 2 is 2.22 bits per heavy atom. The van der Waals surface area contributed by atoms with Crippen molar-refractivity contribution >= 4 is 28.5 Å². The molecule has 2 amide bonds. The standard InChI is InChI=1S/C15H20N4O3S/c1-3-4-5-12(20)22-11-8-9-18(2)15(21)19(11)14-17-16-13(23-14)10-6-7-10/h3,10-11H,1,4-9H2,2H3. The van der Waals surface area contributed by atoms with Gasteiger partial charge in [0, 0.05) is 32.4 Å². The van der Waals surface area contributed by atoms with Gasteiger partial charge in [0.05, 0.1) is 0 Å². The van der Waals surface area contributed by atoms with E-state index < -0.39 is 6.23 Å². The number of nitrogens with zero attached hydrogens (tertiary/aromatic N) is 4. The van der Waals surface area contributed by atoms with E-state index in [4.69, 9.17) is 4.74 Å². The molecule has 1 atom stereocenters. The molecule has 0 N–H and O–H groups in total. The number of allylic oxidation sites excluding steroid dienone is 1. The summed E-state index contributed by atoms with van der Waals surface area (Å²) in [5.41, 5.74) is 0. The van der Waals surface area contributed by atoms with Crippen molar-refractivity contribution in [3.63, 3.8) is 0 Å². The highest BCUT2D eigenvalue weighted by atomic mass is 32.1. The van der Waals surface area contributed by atoms with Gasteiger partial charge in [-0.25, -0.2) is 9.69 Å². The zero-order valence-corrected chi connectivity index (χ0v) is 13.9. The van der Waals surface area contributed by atoms with Crippen molar-refractivity contribution in [1.82, 2.24) is 15.1 Å². The van der Waals surface area contributed by atoms with Crippen molar-refractivity contribution in [3.05, 3.63) is 17.7 Å². The molecule has 0 spiro atoms. The lowest BCUT2D eigenvalue weighted by molar-refractivity contribution is -0.149. The summed E-state index contributed by atoms with van der Waals surface area (Å²) >= 11 is 1.41. The molecule has 3 rings (SSSR count). The topological polar surface area (TPSA) is 75.6 Å². The summed E-state index contributed by atoms with van der Waals surface area (Å²) in [6.07, 6.45) is 4.69. The fraction of sp³-hybridized carbons (Fsp3) is 0.600. The van der Waals surface area contributed by atoms with Crippen LogP contribution in [0.5, 0.6) is 0 Å². The average molecular weight is 336 g/mol. The molecule has 0 aromatic carbocycles. The van der Waals surface area contributed by atoms with Gasteiger partial charge in [-0.3, -0.25) is 4.79 Å². The fourth-order valence-electron chi connectivity index (χ4n) is 2.40. The van der Waals surface area contributed by atoms with Crippen LogP contribution in [0.3, 0.4) is 0 Å². The Kier molecular flexibility index (Phi) is 4.61. The number of anilines is 1. The quantitative estimate of drug-likeness (QED) is 0.589. The molecule has 7 nitrogen and oxygen atoms in total. The molecule has 1 aromatic heterocycles. The Bertz CT molecular complexity index is 614. The average Bonchev–Trinajstić information content (AvgIpc) is 3.28. The second-order valence-corrected chi connectivity index (χ2v) is 6.82. The first-order chi connectivity index (χ1) is 11.1. The van der Waals surface area contributed by atoms with Gasteiger partial charge < -0.3 is 9.64 Å². The minimum atomic E-state index is -0.615. The van der Waals surface area contributed by atoms with Crippen LogP contribution in [0.25, 0.3) is 0 Å². The lowest BCUT2D eigenvalue weighted by atomic mass is 10.2. The third kappa shape index (κ3) is 3.52. The van der Waals surface area contributed by atoms with E-state index in [1.165, 1.54) is 16.2 Å². The number of amides is 2. The van der Waals surface area contributed by atoms with Gasteiger partial charge in [0.15, 0.2) is 6.23 Å². The van der Waals surface area contributed by atoms with Crippen molar-refractivity contribution in [2.45, 2.75) is 44.2 Å². The summed E-state index contributed by atoms with van der Waals surface area (Å²) in [6.45, 7) is 4.14. The van der Waals surface area contributed by atoms with Gasteiger partial charge in [0.25, 0.3) is 0 Å². The smallest absolute Gasteiger partial charge is 0.329 e. The number of ether oxygens (including phenoxy) is 1. The summed E-state index contributed by atoms with van der Waals surface area (Å²) < 4.78 is 5.50. The Balaban J connectivity index is 1.76. The van der Waals surface area contributed by atoms with E-state index in [0.717, 1.165) is 17.8 Å². The molecular weight excluding hydrogens is 316 g/mol. The molecular formula is C15H20N4O3S. The first kappa shape index (κ1) is 15.9. The van der Waals surface area contributed by atoms with E-state index in [9.17, 15) is 9.59 Å². The molecule has 1 unspecified atom stereocenters. The molecule has 1 aromatic rings. The van der Waals surface area contributed by atoms with Gasteiger partial charge in [-0.15, -0.1) is 16.8 Å². The fourth-order valence-corrected chi connectivity index (χ4v) is 3.45. The predicted molar refractivity (Wildman–Crippen MR) is 86.3 cm³/mol. The van der Waals surface area contributed by atoms with Gasteiger partial charge in [-0.2, -0.15) is 0 Å². The van der Waals surface area contributed by atoms with E-state index >= 15 is 0 Å². The summed E-state index contributed by atoms with van der Waals surface area (Å²) in [5.74, 6) is 0.150. The van der Waals surface area contributed by atoms with Crippen LogP contribution in [0, 0.1) is 0 Å². The molecule has 2 fully saturated rings. The van der Waals surface area contributed by atoms with Gasteiger partial charge >= 0.3 is 12.0 Å². The summed E-state index contributed by atoms with van der Waals surface area (Å²) in [5, 5.41) is 9.78. The highest BCUT2D eigenvalue weighted by Crippen LogP contribution is 2.43. The van der Waals surface area contributed by atoms with E-state index in [-0.39, 0.29) is 18.4 Å². The van der Waals surface area contributed by atoms with Crippen molar-refractivity contribution in [1.29, 1.82) is 0 Å². The maximum atomic E-state index is 12.5. The van der Waals surface area contributed by atoms with E-state index in [1.807, 2.05) is 0 Å². The minimum Gasteiger partial charge on any atom is -0.441 e. The lowest BCUT2D eigenvalue weighted by Crippen LogP contribution is -2.54. The SMILES string of the molecule is C=CCCC(=O)OC1CCN(C)C(=O)N1c1nnc(C2CC2)s1. The number of aromatic nitrogens is 2. The Morgan fingerprint density at radius 3 is 2.91 bits per heavy atom. The Labute approximate surface area is 138 Å². The number of hydrogen-bond acceptors (Lipinski definition) is 6. The largest absolute Gasteiger partial charge is 0.441 e. The van der Waals surface area contributed by atoms with Crippen LogP contribution in [0.15, 0.2) is 12.7 Å². The maximum absolute atomic E-state index is 12.5. The van der Waals surface area contributed by atoms with Crippen LogP contribution in [-0.2, 0) is 9.53 Å². The van der Waals surface area contributed by atoms with Crippen molar-refractivity contribution < 1.29 is 14.3 Å². The molecule has 1 aliphatic carbocycles. The van der Waals surface area contributed by atoms with E-state index in [1.54, 1.807) is 18.0 Å². The van der Waals surface area contributed by atoms with Gasteiger partial charge in [0.2, 0.25) is 5.13 Å². The molecule has 2 aliphatic rings. The van der Waals surface area contributed by atoms with Crippen molar-refractivity contribution in [2.75, 3.05) is 18.5 Å². The van der Waals surface area contributed by atoms with Crippen LogP contribution in [0.2, 0.25) is 0 Å². The molecule has 0 bridgehead atoms. The normalized spacial score (nSPS) is 21.4. The molecule has 1 saturated carbocycles. The highest BCUT2D eigenvalue weighted by molar-refractivity contribution is 7.15. The zero-order valence-electron chi connectivity index (χ0n) is 13.1. The van der Waals surface area contributed by atoms with Crippen LogP contribution in [-0.4, -0.2) is 46.9 Å². The van der Waals surface area contributed by atoms with Crippen LogP contribution < -0.4 is 4.90 Å². The summed E-state index contributed by atoms with van der Waals surface area (Å²) in [7, 11) is 1.73. The van der Waals surface area contributed by atoms with Gasteiger partial charge in [-0.05, 0) is 19.3 Å². The number of esters is 1. The molecule has 124 valence electrons. The molecule has 8 heteroatoms. The first-order valence-electron chi connectivity index (χ1n) is 7.78. The lowest BCUT2D eigenvalue weighted by Gasteiger charge is -2.37. The second-order valence-electron chi connectivity index (χ2n) is 5.83. The number of carbonyl (C=O) groups is 2. The Morgan fingerprint density at radius 1 is 1.43 bits per heavy atom. The molecule has 1 saturated heterocycles. The molecule has 2 heterocycles. The Hall–Kier alpha value is -1.96. The number of carbonyl (C=O) groups excluding carboxylic acids is 2. The first-order valence-corrected chi connectivity index (χ1v) is 8.60. The number of hydrogen-bond donors (Lipinski definition) is 0. The third-order valence-corrected chi connectivity index (χ3v) is 5.00. The molecule has 1 aliphatic heterocycles. The molecule has 0 radical (unpaired) electrons. The number of urea groups is 1. The number of rotatable bonds is 6. The van der Waals surface area contributed by atoms with Gasteiger partial charge in [-0.1, -0.05) is 17.4 Å². The monoisotopic (exact) mass is 336 g/mol. The predicted octanol–water partition coefficient (Wildman–Crippen LogP) is 2.51. The minimum absolute atomic E-state index is 0.212. The van der Waals surface area contributed by atoms with Gasteiger partial charge in [0.1, 0.15) is 5.01 Å².